The van der Waals surface area contributed by atoms with E-state index in [-0.39, 0.29) is 6.04 Å². The standard InChI is InChI=1S/C16H19BrClNS/c1-10(2)16(15-5-4-8-20-15)19-11(3)13-7-6-12(17)9-14(13)18/h4-11,16,19H,1-3H3. The average molecular weight is 373 g/mol. The zero-order valence-electron chi connectivity index (χ0n) is 11.9. The van der Waals surface area contributed by atoms with Crippen molar-refractivity contribution >= 4 is 38.9 Å². The predicted octanol–water partition coefficient (Wildman–Crippen LogP) is 6.21. The summed E-state index contributed by atoms with van der Waals surface area (Å²) in [7, 11) is 0. The largest absolute Gasteiger partial charge is 0.302 e. The number of halogens is 2. The van der Waals surface area contributed by atoms with Gasteiger partial charge in [-0.25, -0.2) is 0 Å². The summed E-state index contributed by atoms with van der Waals surface area (Å²) in [6.45, 7) is 6.65. The maximum absolute atomic E-state index is 6.34. The van der Waals surface area contributed by atoms with Gasteiger partial charge in [-0.3, -0.25) is 0 Å². The zero-order chi connectivity index (χ0) is 14.7. The summed E-state index contributed by atoms with van der Waals surface area (Å²) in [5.41, 5.74) is 1.14. The van der Waals surface area contributed by atoms with Gasteiger partial charge in [-0.2, -0.15) is 0 Å². The van der Waals surface area contributed by atoms with Crippen LogP contribution in [0.25, 0.3) is 0 Å². The first-order chi connectivity index (χ1) is 9.49. The first-order valence-electron chi connectivity index (χ1n) is 6.73. The molecule has 1 nitrogen and oxygen atoms in total. The molecule has 1 heterocycles. The lowest BCUT2D eigenvalue weighted by molar-refractivity contribution is 0.379. The molecule has 0 amide bonds. The molecule has 0 spiro atoms. The molecule has 2 rings (SSSR count). The van der Waals surface area contributed by atoms with Gasteiger partial charge in [-0.1, -0.05) is 53.5 Å². The maximum Gasteiger partial charge on any atom is 0.0464 e. The third kappa shape index (κ3) is 3.85. The molecule has 20 heavy (non-hydrogen) atoms. The van der Waals surface area contributed by atoms with Gasteiger partial charge < -0.3 is 5.32 Å². The van der Waals surface area contributed by atoms with Crippen LogP contribution in [-0.2, 0) is 0 Å². The normalized spacial score (nSPS) is 14.5. The molecule has 1 aromatic carbocycles. The van der Waals surface area contributed by atoms with Gasteiger partial charge in [-0.05, 0) is 42.0 Å². The minimum Gasteiger partial charge on any atom is -0.302 e. The molecule has 0 aliphatic heterocycles. The van der Waals surface area contributed by atoms with Crippen LogP contribution in [0.3, 0.4) is 0 Å². The van der Waals surface area contributed by atoms with E-state index in [1.807, 2.05) is 12.1 Å². The molecule has 0 aliphatic carbocycles. The fourth-order valence-electron chi connectivity index (χ4n) is 2.28. The Labute approximate surface area is 138 Å². The molecule has 108 valence electrons. The highest BCUT2D eigenvalue weighted by Crippen LogP contribution is 2.31. The van der Waals surface area contributed by atoms with Crippen LogP contribution in [0.4, 0.5) is 0 Å². The Morgan fingerprint density at radius 2 is 1.95 bits per heavy atom. The van der Waals surface area contributed by atoms with Gasteiger partial charge in [0.1, 0.15) is 0 Å². The van der Waals surface area contributed by atoms with Crippen molar-refractivity contribution in [3.8, 4) is 0 Å². The Morgan fingerprint density at radius 1 is 1.20 bits per heavy atom. The van der Waals surface area contributed by atoms with E-state index in [4.69, 9.17) is 11.6 Å². The zero-order valence-corrected chi connectivity index (χ0v) is 15.0. The van der Waals surface area contributed by atoms with Crippen molar-refractivity contribution in [2.75, 3.05) is 0 Å². The predicted molar refractivity (Wildman–Crippen MR) is 92.6 cm³/mol. The lowest BCUT2D eigenvalue weighted by atomic mass is 10.00. The van der Waals surface area contributed by atoms with Crippen LogP contribution < -0.4 is 5.32 Å². The Morgan fingerprint density at radius 3 is 2.50 bits per heavy atom. The van der Waals surface area contributed by atoms with Crippen molar-refractivity contribution in [3.63, 3.8) is 0 Å². The molecule has 0 saturated heterocycles. The van der Waals surface area contributed by atoms with Crippen LogP contribution in [0.5, 0.6) is 0 Å². The van der Waals surface area contributed by atoms with E-state index in [0.29, 0.717) is 12.0 Å². The highest BCUT2D eigenvalue weighted by molar-refractivity contribution is 9.10. The van der Waals surface area contributed by atoms with Gasteiger partial charge in [0.15, 0.2) is 0 Å². The van der Waals surface area contributed by atoms with E-state index >= 15 is 0 Å². The van der Waals surface area contributed by atoms with Gasteiger partial charge in [0.25, 0.3) is 0 Å². The molecular weight excluding hydrogens is 354 g/mol. The van der Waals surface area contributed by atoms with Crippen molar-refractivity contribution in [1.29, 1.82) is 0 Å². The number of benzene rings is 1. The van der Waals surface area contributed by atoms with E-state index in [1.165, 1.54) is 4.88 Å². The van der Waals surface area contributed by atoms with Crippen LogP contribution >= 0.6 is 38.9 Å². The fraction of sp³-hybridized carbons (Fsp3) is 0.375. The molecule has 0 fully saturated rings. The Hall–Kier alpha value is -0.350. The molecule has 0 saturated carbocycles. The Balaban J connectivity index is 2.18. The molecule has 1 N–H and O–H groups in total. The summed E-state index contributed by atoms with van der Waals surface area (Å²) >= 11 is 11.6. The van der Waals surface area contributed by atoms with Gasteiger partial charge in [-0.15, -0.1) is 11.3 Å². The Kier molecular flexibility index (Phi) is 5.67. The molecule has 2 unspecified atom stereocenters. The van der Waals surface area contributed by atoms with Crippen LogP contribution in [-0.4, -0.2) is 0 Å². The highest BCUT2D eigenvalue weighted by Gasteiger charge is 2.20. The topological polar surface area (TPSA) is 12.0 Å². The molecule has 0 bridgehead atoms. The summed E-state index contributed by atoms with van der Waals surface area (Å²) in [5, 5.41) is 6.63. The molecule has 2 atom stereocenters. The highest BCUT2D eigenvalue weighted by atomic mass is 79.9. The number of nitrogens with one attached hydrogen (secondary N) is 1. The van der Waals surface area contributed by atoms with Crippen molar-refractivity contribution in [2.45, 2.75) is 32.9 Å². The van der Waals surface area contributed by atoms with Crippen LogP contribution in [0, 0.1) is 5.92 Å². The molecular formula is C16H19BrClNS. The first-order valence-corrected chi connectivity index (χ1v) is 8.78. The smallest absolute Gasteiger partial charge is 0.0464 e. The molecule has 1 aromatic heterocycles. The lowest BCUT2D eigenvalue weighted by Crippen LogP contribution is -2.28. The maximum atomic E-state index is 6.34. The van der Waals surface area contributed by atoms with Gasteiger partial charge in [0.2, 0.25) is 0 Å². The van der Waals surface area contributed by atoms with Crippen molar-refractivity contribution in [2.24, 2.45) is 5.92 Å². The minimum atomic E-state index is 0.213. The second-order valence-corrected chi connectivity index (χ2v) is 7.59. The van der Waals surface area contributed by atoms with Crippen molar-refractivity contribution in [3.05, 3.63) is 55.6 Å². The third-order valence-electron chi connectivity index (χ3n) is 3.37. The summed E-state index contributed by atoms with van der Waals surface area (Å²) in [5.74, 6) is 0.533. The Bertz CT molecular complexity index is 554. The summed E-state index contributed by atoms with van der Waals surface area (Å²) in [6.07, 6.45) is 0. The average Bonchev–Trinajstić information content (AvgIpc) is 2.88. The molecule has 2 aromatic rings. The van der Waals surface area contributed by atoms with Crippen molar-refractivity contribution in [1.82, 2.24) is 5.32 Å². The fourth-order valence-corrected chi connectivity index (χ4v) is 4.08. The summed E-state index contributed by atoms with van der Waals surface area (Å²) in [6, 6.07) is 10.9. The number of hydrogen-bond acceptors (Lipinski definition) is 2. The third-order valence-corrected chi connectivity index (χ3v) is 5.15. The van der Waals surface area contributed by atoms with Crippen LogP contribution in [0.1, 0.15) is 43.3 Å². The minimum absolute atomic E-state index is 0.213. The number of hydrogen-bond donors (Lipinski definition) is 1. The molecule has 0 radical (unpaired) electrons. The van der Waals surface area contributed by atoms with E-state index in [0.717, 1.165) is 15.1 Å². The van der Waals surface area contributed by atoms with Crippen molar-refractivity contribution < 1.29 is 0 Å². The van der Waals surface area contributed by atoms with Crippen LogP contribution in [0.15, 0.2) is 40.2 Å². The second kappa shape index (κ2) is 7.08. The lowest BCUT2D eigenvalue weighted by Gasteiger charge is -2.26. The van der Waals surface area contributed by atoms with Crippen LogP contribution in [0.2, 0.25) is 5.02 Å². The quantitative estimate of drug-likeness (QED) is 0.657. The molecule has 4 heteroatoms. The van der Waals surface area contributed by atoms with E-state index < -0.39 is 0 Å². The SMILES string of the molecule is CC(NC(c1cccs1)C(C)C)c1ccc(Br)cc1Cl. The van der Waals surface area contributed by atoms with E-state index in [1.54, 1.807) is 11.3 Å². The van der Waals surface area contributed by atoms with E-state index in [9.17, 15) is 0 Å². The summed E-state index contributed by atoms with van der Waals surface area (Å²) < 4.78 is 1.01. The van der Waals surface area contributed by atoms with Gasteiger partial charge in [0.05, 0.1) is 0 Å². The summed E-state index contributed by atoms with van der Waals surface area (Å²) in [4.78, 5) is 1.38. The number of rotatable bonds is 5. The molecule has 0 aliphatic rings. The number of thiophene rings is 1. The first kappa shape index (κ1) is 16.0. The monoisotopic (exact) mass is 371 g/mol. The van der Waals surface area contributed by atoms with Gasteiger partial charge >= 0.3 is 0 Å². The second-order valence-electron chi connectivity index (χ2n) is 5.29. The van der Waals surface area contributed by atoms with Gasteiger partial charge in [0, 0.05) is 26.5 Å². The van der Waals surface area contributed by atoms with E-state index in [2.05, 4.69) is 65.6 Å².